The number of hydrogen-bond acceptors (Lipinski definition) is 2. The maximum absolute atomic E-state index is 5.75. The summed E-state index contributed by atoms with van der Waals surface area (Å²) < 4.78 is 1.05. The van der Waals surface area contributed by atoms with Crippen LogP contribution in [0.15, 0.2) is 16.7 Å². The fraction of sp³-hybridized carbons (Fsp3) is 0.583. The Hall–Kier alpha value is -0.280. The molecule has 2 nitrogen and oxygen atoms in total. The number of aryl methyl sites for hydroxylation is 1. The molecule has 1 atom stereocenters. The minimum atomic E-state index is 0.600. The van der Waals surface area contributed by atoms with Crippen LogP contribution in [0.2, 0.25) is 0 Å². The van der Waals surface area contributed by atoms with Crippen molar-refractivity contribution in [1.29, 1.82) is 0 Å². The van der Waals surface area contributed by atoms with Crippen LogP contribution in [0.3, 0.4) is 0 Å². The van der Waals surface area contributed by atoms with Gasteiger partial charge < -0.3 is 5.32 Å². The van der Waals surface area contributed by atoms with Gasteiger partial charge in [-0.25, -0.2) is 4.98 Å². The summed E-state index contributed by atoms with van der Waals surface area (Å²) in [5.74, 6) is 2.29. The van der Waals surface area contributed by atoms with Gasteiger partial charge in [0.25, 0.3) is 0 Å². The Morgan fingerprint density at radius 2 is 2.31 bits per heavy atom. The van der Waals surface area contributed by atoms with Crippen molar-refractivity contribution in [3.8, 4) is 0 Å². The lowest BCUT2D eigenvalue weighted by molar-refractivity contribution is 0.572. The molecule has 90 valence electrons. The minimum absolute atomic E-state index is 0.600. The van der Waals surface area contributed by atoms with E-state index in [1.807, 2.05) is 6.20 Å². The van der Waals surface area contributed by atoms with Crippen LogP contribution in [0.4, 0.5) is 5.82 Å². The second-order valence-electron chi connectivity index (χ2n) is 4.15. The van der Waals surface area contributed by atoms with Crippen molar-refractivity contribution in [3.05, 3.63) is 22.3 Å². The van der Waals surface area contributed by atoms with E-state index in [1.165, 1.54) is 5.56 Å². The lowest BCUT2D eigenvalue weighted by Crippen LogP contribution is -2.06. The Morgan fingerprint density at radius 3 is 2.94 bits per heavy atom. The molecule has 1 heterocycles. The summed E-state index contributed by atoms with van der Waals surface area (Å²) in [7, 11) is 0. The number of aromatic nitrogens is 1. The highest BCUT2D eigenvalue weighted by atomic mass is 79.9. The molecule has 0 bridgehead atoms. The van der Waals surface area contributed by atoms with E-state index in [2.05, 4.69) is 46.1 Å². The highest BCUT2D eigenvalue weighted by Gasteiger charge is 2.00. The predicted octanol–water partition coefficient (Wildman–Crippen LogP) is 4.22. The number of rotatable bonds is 6. The van der Waals surface area contributed by atoms with Gasteiger partial charge in [-0.1, -0.05) is 6.92 Å². The average Bonchev–Trinajstić information content (AvgIpc) is 2.28. The van der Waals surface area contributed by atoms with E-state index in [9.17, 15) is 0 Å². The highest BCUT2D eigenvalue weighted by Crippen LogP contribution is 2.17. The average molecular weight is 306 g/mol. The molecule has 0 aliphatic rings. The summed E-state index contributed by atoms with van der Waals surface area (Å²) in [6.07, 6.45) is 4.12. The zero-order valence-electron chi connectivity index (χ0n) is 9.76. The van der Waals surface area contributed by atoms with E-state index in [4.69, 9.17) is 11.6 Å². The summed E-state index contributed by atoms with van der Waals surface area (Å²) in [5, 5.41) is 3.32. The number of nitrogens with one attached hydrogen (secondary N) is 1. The fourth-order valence-corrected chi connectivity index (χ4v) is 1.75. The third-order valence-electron chi connectivity index (χ3n) is 2.49. The molecule has 0 saturated heterocycles. The van der Waals surface area contributed by atoms with Crippen LogP contribution in [0, 0.1) is 12.8 Å². The third-order valence-corrected chi connectivity index (χ3v) is 3.85. The molecule has 0 spiro atoms. The normalized spacial score (nSPS) is 12.5. The third kappa shape index (κ3) is 4.71. The molecule has 1 unspecified atom stereocenters. The van der Waals surface area contributed by atoms with Gasteiger partial charge in [0.05, 0.1) is 0 Å². The molecule has 0 aromatic carbocycles. The van der Waals surface area contributed by atoms with Crippen LogP contribution in [0.5, 0.6) is 0 Å². The molecule has 1 rings (SSSR count). The molecular formula is C12H18BrClN2. The summed E-state index contributed by atoms with van der Waals surface area (Å²) in [4.78, 5) is 4.29. The van der Waals surface area contributed by atoms with E-state index in [-0.39, 0.29) is 0 Å². The number of alkyl halides is 1. The Morgan fingerprint density at radius 1 is 1.56 bits per heavy atom. The monoisotopic (exact) mass is 304 g/mol. The summed E-state index contributed by atoms with van der Waals surface area (Å²) >= 11 is 9.18. The van der Waals surface area contributed by atoms with Crippen molar-refractivity contribution < 1.29 is 0 Å². The van der Waals surface area contributed by atoms with Gasteiger partial charge >= 0.3 is 0 Å². The number of nitrogens with zero attached hydrogens (tertiary/aromatic N) is 1. The summed E-state index contributed by atoms with van der Waals surface area (Å²) in [6, 6.07) is 2.05. The lowest BCUT2D eigenvalue weighted by Gasteiger charge is -2.09. The van der Waals surface area contributed by atoms with Crippen molar-refractivity contribution in [1.82, 2.24) is 4.98 Å². The van der Waals surface area contributed by atoms with E-state index < -0.39 is 0 Å². The maximum Gasteiger partial charge on any atom is 0.126 e. The van der Waals surface area contributed by atoms with E-state index in [0.717, 1.165) is 35.6 Å². The lowest BCUT2D eigenvalue weighted by atomic mass is 10.1. The van der Waals surface area contributed by atoms with Gasteiger partial charge in [-0.2, -0.15) is 0 Å². The van der Waals surface area contributed by atoms with Crippen molar-refractivity contribution in [2.24, 2.45) is 5.92 Å². The molecule has 0 aliphatic carbocycles. The Kier molecular flexibility index (Phi) is 6.14. The summed E-state index contributed by atoms with van der Waals surface area (Å²) in [5.41, 5.74) is 1.20. The van der Waals surface area contributed by atoms with Gasteiger partial charge in [-0.3, -0.25) is 0 Å². The van der Waals surface area contributed by atoms with Crippen LogP contribution < -0.4 is 5.32 Å². The van der Waals surface area contributed by atoms with Crippen molar-refractivity contribution in [2.75, 3.05) is 17.7 Å². The van der Waals surface area contributed by atoms with Crippen molar-refractivity contribution in [2.45, 2.75) is 26.7 Å². The molecular weight excluding hydrogens is 288 g/mol. The number of pyridine rings is 1. The summed E-state index contributed by atoms with van der Waals surface area (Å²) in [6.45, 7) is 5.19. The predicted molar refractivity (Wildman–Crippen MR) is 74.3 cm³/mol. The van der Waals surface area contributed by atoms with Crippen LogP contribution in [-0.2, 0) is 0 Å². The van der Waals surface area contributed by atoms with Crippen LogP contribution in [0.1, 0.15) is 25.3 Å². The van der Waals surface area contributed by atoms with Crippen LogP contribution in [0.25, 0.3) is 0 Å². The molecule has 0 fully saturated rings. The SMILES string of the molecule is Cc1cc(NCCCC(C)CCl)ncc1Br. The Balaban J connectivity index is 2.29. The van der Waals surface area contributed by atoms with Gasteiger partial charge in [0.15, 0.2) is 0 Å². The van der Waals surface area contributed by atoms with E-state index >= 15 is 0 Å². The maximum atomic E-state index is 5.75. The zero-order valence-corrected chi connectivity index (χ0v) is 12.1. The molecule has 0 saturated carbocycles. The van der Waals surface area contributed by atoms with Crippen LogP contribution >= 0.6 is 27.5 Å². The van der Waals surface area contributed by atoms with Crippen molar-refractivity contribution in [3.63, 3.8) is 0 Å². The molecule has 1 N–H and O–H groups in total. The van der Waals surface area contributed by atoms with Crippen LogP contribution in [-0.4, -0.2) is 17.4 Å². The first-order valence-corrected chi connectivity index (χ1v) is 6.88. The smallest absolute Gasteiger partial charge is 0.126 e. The quantitative estimate of drug-likeness (QED) is 0.629. The molecule has 0 amide bonds. The zero-order chi connectivity index (χ0) is 12.0. The van der Waals surface area contributed by atoms with E-state index in [0.29, 0.717) is 5.92 Å². The van der Waals surface area contributed by atoms with Gasteiger partial charge in [0.2, 0.25) is 0 Å². The highest BCUT2D eigenvalue weighted by molar-refractivity contribution is 9.10. The molecule has 1 aromatic heterocycles. The van der Waals surface area contributed by atoms with Gasteiger partial charge in [-0.15, -0.1) is 11.6 Å². The first-order chi connectivity index (χ1) is 7.63. The van der Waals surface area contributed by atoms with E-state index in [1.54, 1.807) is 0 Å². The second kappa shape index (κ2) is 7.13. The number of anilines is 1. The molecule has 1 aromatic rings. The van der Waals surface area contributed by atoms with Crippen molar-refractivity contribution >= 4 is 33.3 Å². The molecule has 4 heteroatoms. The number of halogens is 2. The Labute approximate surface area is 111 Å². The molecule has 0 aliphatic heterocycles. The van der Waals surface area contributed by atoms with Gasteiger partial charge in [0, 0.05) is 23.1 Å². The minimum Gasteiger partial charge on any atom is -0.370 e. The topological polar surface area (TPSA) is 24.9 Å². The number of hydrogen-bond donors (Lipinski definition) is 1. The fourth-order valence-electron chi connectivity index (χ4n) is 1.38. The Bertz CT molecular complexity index is 331. The first-order valence-electron chi connectivity index (χ1n) is 5.55. The molecule has 0 radical (unpaired) electrons. The van der Waals surface area contributed by atoms with Gasteiger partial charge in [0.1, 0.15) is 5.82 Å². The largest absolute Gasteiger partial charge is 0.370 e. The molecule has 16 heavy (non-hydrogen) atoms. The second-order valence-corrected chi connectivity index (χ2v) is 5.31. The first kappa shape index (κ1) is 13.8. The van der Waals surface area contributed by atoms with Gasteiger partial charge in [-0.05, 0) is 53.2 Å². The standard InChI is InChI=1S/C12H18BrClN2/c1-9(7-14)4-3-5-15-12-6-10(2)11(13)8-16-12/h6,8-9H,3-5,7H2,1-2H3,(H,15,16).